The monoisotopic (exact) mass is 322 g/mol. The van der Waals surface area contributed by atoms with Crippen molar-refractivity contribution in [3.05, 3.63) is 45.9 Å². The van der Waals surface area contributed by atoms with Gasteiger partial charge in [-0.05, 0) is 36.2 Å². The number of rotatable bonds is 2. The van der Waals surface area contributed by atoms with Gasteiger partial charge in [0.1, 0.15) is 12.4 Å². The molecule has 0 saturated heterocycles. The summed E-state index contributed by atoms with van der Waals surface area (Å²) in [6.45, 7) is 3.09. The zero-order chi connectivity index (χ0) is 15.0. The number of ether oxygens (including phenoxy) is 1. The highest BCUT2D eigenvalue weighted by atomic mass is 35.5. The van der Waals surface area contributed by atoms with Crippen LogP contribution in [0.3, 0.4) is 0 Å². The number of fused-ring (bicyclic) bond motifs is 1. The highest BCUT2D eigenvalue weighted by Crippen LogP contribution is 2.42. The first-order valence-corrected chi connectivity index (χ1v) is 7.53. The van der Waals surface area contributed by atoms with E-state index in [1.807, 2.05) is 37.3 Å². The van der Waals surface area contributed by atoms with Crippen LogP contribution >= 0.6 is 23.2 Å². The number of benzene rings is 2. The lowest BCUT2D eigenvalue weighted by Crippen LogP contribution is -2.37. The Morgan fingerprint density at radius 1 is 1.19 bits per heavy atom. The Bertz CT molecular complexity index is 688. The number of nitrogens with one attached hydrogen (secondary N) is 1. The fourth-order valence-electron chi connectivity index (χ4n) is 2.55. The Kier molecular flexibility index (Phi) is 3.98. The average Bonchev–Trinajstić information content (AvgIpc) is 2.46. The summed E-state index contributed by atoms with van der Waals surface area (Å²) in [6, 6.07) is 9.68. The van der Waals surface area contributed by atoms with Gasteiger partial charge in [-0.3, -0.25) is 0 Å². The molecule has 0 unspecified atom stereocenters. The fraction of sp³-hybridized carbons (Fsp3) is 0.250. The third kappa shape index (κ3) is 2.82. The summed E-state index contributed by atoms with van der Waals surface area (Å²) in [5.41, 5.74) is 9.85. The largest absolute Gasteiger partial charge is 0.489 e. The fourth-order valence-corrected chi connectivity index (χ4v) is 2.98. The van der Waals surface area contributed by atoms with Gasteiger partial charge in [0, 0.05) is 28.2 Å². The molecule has 1 heterocycles. The predicted molar refractivity (Wildman–Crippen MR) is 88.6 cm³/mol. The first-order valence-electron chi connectivity index (χ1n) is 6.78. The van der Waals surface area contributed by atoms with Gasteiger partial charge in [-0.25, -0.2) is 0 Å². The van der Waals surface area contributed by atoms with Gasteiger partial charge in [-0.15, -0.1) is 0 Å². The number of nitrogens with two attached hydrogens (primary N) is 1. The van der Waals surface area contributed by atoms with Crippen molar-refractivity contribution in [3.63, 3.8) is 0 Å². The Morgan fingerprint density at radius 3 is 2.71 bits per heavy atom. The molecule has 0 amide bonds. The molecule has 2 aromatic rings. The highest BCUT2D eigenvalue weighted by Gasteiger charge is 2.22. The van der Waals surface area contributed by atoms with Gasteiger partial charge < -0.3 is 15.8 Å². The first kappa shape index (κ1) is 14.5. The van der Waals surface area contributed by atoms with Crippen LogP contribution in [0, 0.1) is 6.92 Å². The second-order valence-electron chi connectivity index (χ2n) is 5.17. The van der Waals surface area contributed by atoms with E-state index in [0.29, 0.717) is 18.2 Å². The Labute approximate surface area is 134 Å². The van der Waals surface area contributed by atoms with Crippen LogP contribution in [0.15, 0.2) is 30.3 Å². The number of anilines is 1. The summed E-state index contributed by atoms with van der Waals surface area (Å²) in [6.07, 6.45) is 0. The van der Waals surface area contributed by atoms with Crippen molar-refractivity contribution < 1.29 is 4.74 Å². The molecular weight excluding hydrogens is 307 g/mol. The predicted octanol–water partition coefficient (Wildman–Crippen LogP) is 4.10. The van der Waals surface area contributed by atoms with Crippen LogP contribution in [0.25, 0.3) is 11.1 Å². The van der Waals surface area contributed by atoms with Crippen LogP contribution in [0.5, 0.6) is 5.75 Å². The Hall–Kier alpha value is -1.42. The molecule has 0 radical (unpaired) electrons. The molecule has 0 bridgehead atoms. The maximum absolute atomic E-state index is 6.23. The zero-order valence-electron chi connectivity index (χ0n) is 11.6. The van der Waals surface area contributed by atoms with Crippen molar-refractivity contribution in [1.29, 1.82) is 0 Å². The molecule has 0 aromatic heterocycles. The van der Waals surface area contributed by atoms with Gasteiger partial charge in [0.2, 0.25) is 0 Å². The number of hydrogen-bond donors (Lipinski definition) is 2. The molecule has 0 saturated carbocycles. The summed E-state index contributed by atoms with van der Waals surface area (Å²) in [5.74, 6) is 0.761. The van der Waals surface area contributed by atoms with E-state index in [9.17, 15) is 0 Å². The van der Waals surface area contributed by atoms with Crippen molar-refractivity contribution >= 4 is 28.9 Å². The normalized spacial score (nSPS) is 16.9. The van der Waals surface area contributed by atoms with E-state index in [1.54, 1.807) is 0 Å². The molecule has 3 rings (SSSR count). The van der Waals surface area contributed by atoms with E-state index in [4.69, 9.17) is 33.7 Å². The molecule has 5 heteroatoms. The van der Waals surface area contributed by atoms with Gasteiger partial charge in [-0.1, -0.05) is 29.3 Å². The van der Waals surface area contributed by atoms with Crippen LogP contribution in [-0.2, 0) is 0 Å². The average molecular weight is 323 g/mol. The molecular formula is C16H16Cl2N2O. The molecule has 0 fully saturated rings. The van der Waals surface area contributed by atoms with E-state index in [2.05, 4.69) is 5.32 Å². The first-order chi connectivity index (χ1) is 10.1. The summed E-state index contributed by atoms with van der Waals surface area (Å²) in [4.78, 5) is 0. The zero-order valence-corrected chi connectivity index (χ0v) is 13.1. The lowest BCUT2D eigenvalue weighted by molar-refractivity contribution is 0.287. The van der Waals surface area contributed by atoms with E-state index in [0.717, 1.165) is 33.1 Å². The van der Waals surface area contributed by atoms with Crippen molar-refractivity contribution in [3.8, 4) is 16.9 Å². The third-order valence-corrected chi connectivity index (χ3v) is 4.07. The maximum atomic E-state index is 6.23. The third-order valence-electron chi connectivity index (χ3n) is 3.62. The van der Waals surface area contributed by atoms with Crippen molar-refractivity contribution in [2.75, 3.05) is 18.5 Å². The number of hydrogen-bond acceptors (Lipinski definition) is 3. The van der Waals surface area contributed by atoms with Crippen molar-refractivity contribution in [2.24, 2.45) is 5.73 Å². The summed E-state index contributed by atoms with van der Waals surface area (Å²) >= 11 is 12.3. The van der Waals surface area contributed by atoms with Crippen molar-refractivity contribution in [2.45, 2.75) is 13.0 Å². The van der Waals surface area contributed by atoms with Gasteiger partial charge in [0.05, 0.1) is 11.7 Å². The topological polar surface area (TPSA) is 47.3 Å². The molecule has 1 aliphatic heterocycles. The second-order valence-corrected chi connectivity index (χ2v) is 6.05. The molecule has 2 aromatic carbocycles. The highest BCUT2D eigenvalue weighted by molar-refractivity contribution is 6.31. The summed E-state index contributed by atoms with van der Waals surface area (Å²) in [7, 11) is 0. The molecule has 1 atom stereocenters. The van der Waals surface area contributed by atoms with E-state index in [-0.39, 0.29) is 6.04 Å². The molecule has 3 nitrogen and oxygen atoms in total. The standard InChI is InChI=1S/C16H16Cl2N2O/c1-9-4-10(17)2-3-13(9)14-5-11(18)6-15-16(14)20-12(7-19)8-21-15/h2-6,12,20H,7-8,19H2,1H3/t12-/m0/s1. The molecule has 1 aliphatic rings. The van der Waals surface area contributed by atoms with Crippen LogP contribution in [0.2, 0.25) is 10.0 Å². The molecule has 0 spiro atoms. The van der Waals surface area contributed by atoms with Gasteiger partial charge >= 0.3 is 0 Å². The minimum absolute atomic E-state index is 0.102. The molecule has 3 N–H and O–H groups in total. The molecule has 0 aliphatic carbocycles. The number of aryl methyl sites for hydroxylation is 1. The molecule has 21 heavy (non-hydrogen) atoms. The SMILES string of the molecule is Cc1cc(Cl)ccc1-c1cc(Cl)cc2c1N[C@@H](CN)CO2. The van der Waals surface area contributed by atoms with Crippen molar-refractivity contribution in [1.82, 2.24) is 0 Å². The van der Waals surface area contributed by atoms with Crippen LogP contribution in [0.1, 0.15) is 5.56 Å². The summed E-state index contributed by atoms with van der Waals surface area (Å²) < 4.78 is 5.78. The quantitative estimate of drug-likeness (QED) is 0.875. The van der Waals surface area contributed by atoms with Crippen LogP contribution in [0.4, 0.5) is 5.69 Å². The maximum Gasteiger partial charge on any atom is 0.144 e. The molecule has 110 valence electrons. The van der Waals surface area contributed by atoms with Gasteiger partial charge in [-0.2, -0.15) is 0 Å². The van der Waals surface area contributed by atoms with Crippen LogP contribution < -0.4 is 15.8 Å². The van der Waals surface area contributed by atoms with E-state index >= 15 is 0 Å². The van der Waals surface area contributed by atoms with E-state index < -0.39 is 0 Å². The Morgan fingerprint density at radius 2 is 2.00 bits per heavy atom. The number of halogens is 2. The lowest BCUT2D eigenvalue weighted by atomic mass is 9.97. The summed E-state index contributed by atoms with van der Waals surface area (Å²) in [5, 5.41) is 4.80. The lowest BCUT2D eigenvalue weighted by Gasteiger charge is -2.29. The van der Waals surface area contributed by atoms with E-state index in [1.165, 1.54) is 0 Å². The second kappa shape index (κ2) is 5.76. The van der Waals surface area contributed by atoms with Crippen LogP contribution in [-0.4, -0.2) is 19.2 Å². The smallest absolute Gasteiger partial charge is 0.144 e. The van der Waals surface area contributed by atoms with Gasteiger partial charge in [0.15, 0.2) is 0 Å². The van der Waals surface area contributed by atoms with Gasteiger partial charge in [0.25, 0.3) is 0 Å². The minimum atomic E-state index is 0.102. The minimum Gasteiger partial charge on any atom is -0.489 e. The Balaban J connectivity index is 2.16.